The Morgan fingerprint density at radius 2 is 1.76 bits per heavy atom. The van der Waals surface area contributed by atoms with Crippen LogP contribution in [-0.2, 0) is 11.3 Å². The molecule has 0 aliphatic heterocycles. The first-order valence-corrected chi connectivity index (χ1v) is 7.43. The highest BCUT2D eigenvalue weighted by Gasteiger charge is 2.12. The van der Waals surface area contributed by atoms with Crippen molar-refractivity contribution in [3.63, 3.8) is 0 Å². The van der Waals surface area contributed by atoms with Crippen LogP contribution in [0.15, 0.2) is 12.1 Å². The first-order chi connectivity index (χ1) is 10.0. The lowest BCUT2D eigenvalue weighted by Gasteiger charge is -2.11. The fraction of sp³-hybridized carbons (Fsp3) is 0.625. The second-order valence-corrected chi connectivity index (χ2v) is 5.37. The molecule has 0 unspecified atom stereocenters. The van der Waals surface area contributed by atoms with Gasteiger partial charge in [-0.25, -0.2) is 8.78 Å². The number of hydrogen-bond acceptors (Lipinski definition) is 3. The Bertz CT molecular complexity index is 402. The van der Waals surface area contributed by atoms with Crippen molar-refractivity contribution in [2.24, 2.45) is 5.92 Å². The molecule has 1 aromatic rings. The van der Waals surface area contributed by atoms with Crippen LogP contribution in [0.5, 0.6) is 5.75 Å². The van der Waals surface area contributed by atoms with E-state index >= 15 is 0 Å². The van der Waals surface area contributed by atoms with Crippen molar-refractivity contribution in [2.75, 3.05) is 26.4 Å². The van der Waals surface area contributed by atoms with Crippen LogP contribution in [0.25, 0.3) is 0 Å². The second-order valence-electron chi connectivity index (χ2n) is 5.37. The first kappa shape index (κ1) is 17.9. The van der Waals surface area contributed by atoms with Gasteiger partial charge < -0.3 is 14.8 Å². The topological polar surface area (TPSA) is 30.5 Å². The van der Waals surface area contributed by atoms with E-state index in [2.05, 4.69) is 19.2 Å². The molecule has 1 N–H and O–H groups in total. The van der Waals surface area contributed by atoms with Gasteiger partial charge in [-0.05, 0) is 36.6 Å². The zero-order chi connectivity index (χ0) is 15.7. The zero-order valence-electron chi connectivity index (χ0n) is 13.0. The Morgan fingerprint density at radius 1 is 1.10 bits per heavy atom. The quantitative estimate of drug-likeness (QED) is 0.671. The van der Waals surface area contributed by atoms with E-state index in [0.717, 1.165) is 13.0 Å². The molecular weight excluding hydrogens is 276 g/mol. The Balaban J connectivity index is 2.50. The third-order valence-electron chi connectivity index (χ3n) is 2.76. The molecule has 0 saturated heterocycles. The fourth-order valence-corrected chi connectivity index (χ4v) is 1.81. The molecule has 0 amide bonds. The lowest BCUT2D eigenvalue weighted by Crippen LogP contribution is -2.19. The van der Waals surface area contributed by atoms with Gasteiger partial charge in [0.15, 0.2) is 17.4 Å². The third-order valence-corrected chi connectivity index (χ3v) is 2.76. The smallest absolute Gasteiger partial charge is 0.190 e. The fourth-order valence-electron chi connectivity index (χ4n) is 1.81. The van der Waals surface area contributed by atoms with Crippen molar-refractivity contribution in [1.82, 2.24) is 5.32 Å². The van der Waals surface area contributed by atoms with Gasteiger partial charge in [0.25, 0.3) is 0 Å². The summed E-state index contributed by atoms with van der Waals surface area (Å²) in [5.74, 6) is -1.19. The van der Waals surface area contributed by atoms with Gasteiger partial charge in [0.05, 0.1) is 6.61 Å². The van der Waals surface area contributed by atoms with Crippen molar-refractivity contribution < 1.29 is 18.3 Å². The van der Waals surface area contributed by atoms with E-state index in [1.165, 1.54) is 12.1 Å². The molecule has 1 aromatic carbocycles. The summed E-state index contributed by atoms with van der Waals surface area (Å²) in [4.78, 5) is 0. The molecule has 0 saturated carbocycles. The van der Waals surface area contributed by atoms with E-state index in [9.17, 15) is 8.78 Å². The number of benzene rings is 1. The summed E-state index contributed by atoms with van der Waals surface area (Å²) in [7, 11) is 0. The molecule has 0 bridgehead atoms. The Labute approximate surface area is 125 Å². The highest BCUT2D eigenvalue weighted by Crippen LogP contribution is 2.23. The average Bonchev–Trinajstić information content (AvgIpc) is 2.40. The van der Waals surface area contributed by atoms with Gasteiger partial charge in [0, 0.05) is 13.2 Å². The highest BCUT2D eigenvalue weighted by molar-refractivity contribution is 5.31. The van der Waals surface area contributed by atoms with Crippen LogP contribution in [0, 0.1) is 17.6 Å². The number of nitrogens with one attached hydrogen (secondary N) is 1. The lowest BCUT2D eigenvalue weighted by molar-refractivity contribution is 0.0975. The predicted octanol–water partition coefficient (Wildman–Crippen LogP) is 3.52. The maximum Gasteiger partial charge on any atom is 0.190 e. The van der Waals surface area contributed by atoms with Crippen molar-refractivity contribution in [3.05, 3.63) is 29.3 Å². The second kappa shape index (κ2) is 9.68. The van der Waals surface area contributed by atoms with E-state index in [1.807, 2.05) is 6.92 Å². The Morgan fingerprint density at radius 3 is 2.33 bits per heavy atom. The molecule has 3 nitrogen and oxygen atoms in total. The molecule has 0 spiro atoms. The van der Waals surface area contributed by atoms with Gasteiger partial charge in [-0.3, -0.25) is 0 Å². The van der Waals surface area contributed by atoms with E-state index in [1.54, 1.807) is 0 Å². The highest BCUT2D eigenvalue weighted by atomic mass is 19.1. The van der Waals surface area contributed by atoms with E-state index in [4.69, 9.17) is 9.47 Å². The molecule has 0 fully saturated rings. The lowest BCUT2D eigenvalue weighted by atomic mass is 10.1. The molecule has 0 heterocycles. The predicted molar refractivity (Wildman–Crippen MR) is 79.5 cm³/mol. The number of hydrogen-bond donors (Lipinski definition) is 1. The molecular formula is C16H25F2NO2. The summed E-state index contributed by atoms with van der Waals surface area (Å²) < 4.78 is 38.0. The van der Waals surface area contributed by atoms with Crippen LogP contribution >= 0.6 is 0 Å². The van der Waals surface area contributed by atoms with Gasteiger partial charge in [0.1, 0.15) is 6.61 Å². The normalized spacial score (nSPS) is 11.1. The van der Waals surface area contributed by atoms with Crippen LogP contribution < -0.4 is 10.1 Å². The summed E-state index contributed by atoms with van der Waals surface area (Å²) in [5, 5.41) is 3.15. The molecule has 21 heavy (non-hydrogen) atoms. The molecule has 5 heteroatoms. The van der Waals surface area contributed by atoms with Crippen LogP contribution in [0.4, 0.5) is 8.78 Å². The summed E-state index contributed by atoms with van der Waals surface area (Å²) >= 11 is 0. The molecule has 0 aromatic heterocycles. The van der Waals surface area contributed by atoms with E-state index in [-0.39, 0.29) is 12.4 Å². The van der Waals surface area contributed by atoms with Crippen molar-refractivity contribution in [1.29, 1.82) is 0 Å². The molecule has 1 rings (SSSR count). The molecule has 0 aliphatic carbocycles. The van der Waals surface area contributed by atoms with E-state index < -0.39 is 11.6 Å². The summed E-state index contributed by atoms with van der Waals surface area (Å²) in [5.41, 5.74) is 0.570. The summed E-state index contributed by atoms with van der Waals surface area (Å²) in [6, 6.07) is 2.61. The SMILES string of the molecule is CCCOCCOc1c(F)cc(CNCC(C)C)cc1F. The number of rotatable bonds is 10. The molecule has 0 radical (unpaired) electrons. The van der Waals surface area contributed by atoms with Gasteiger partial charge in [-0.15, -0.1) is 0 Å². The van der Waals surface area contributed by atoms with Crippen molar-refractivity contribution in [2.45, 2.75) is 33.7 Å². The number of ether oxygens (including phenoxy) is 2. The summed E-state index contributed by atoms with van der Waals surface area (Å²) in [6.45, 7) is 8.46. The average molecular weight is 301 g/mol. The van der Waals surface area contributed by atoms with Gasteiger partial charge >= 0.3 is 0 Å². The maximum atomic E-state index is 13.8. The van der Waals surface area contributed by atoms with Crippen LogP contribution in [0.3, 0.4) is 0 Å². The minimum absolute atomic E-state index is 0.138. The monoisotopic (exact) mass is 301 g/mol. The van der Waals surface area contributed by atoms with Gasteiger partial charge in [-0.1, -0.05) is 20.8 Å². The Hall–Kier alpha value is -1.20. The minimum Gasteiger partial charge on any atom is -0.485 e. The van der Waals surface area contributed by atoms with Crippen LogP contribution in [0.2, 0.25) is 0 Å². The first-order valence-electron chi connectivity index (χ1n) is 7.43. The van der Waals surface area contributed by atoms with Crippen molar-refractivity contribution in [3.8, 4) is 5.75 Å². The third kappa shape index (κ3) is 6.87. The van der Waals surface area contributed by atoms with Crippen LogP contribution in [0.1, 0.15) is 32.8 Å². The molecule has 0 atom stereocenters. The van der Waals surface area contributed by atoms with Gasteiger partial charge in [-0.2, -0.15) is 0 Å². The zero-order valence-corrected chi connectivity index (χ0v) is 13.0. The van der Waals surface area contributed by atoms with Gasteiger partial charge in [0.2, 0.25) is 0 Å². The molecule has 120 valence electrons. The minimum atomic E-state index is -0.674. The maximum absolute atomic E-state index is 13.8. The standard InChI is InChI=1S/C16H25F2NO2/c1-4-5-20-6-7-21-16-14(17)8-13(9-15(16)18)11-19-10-12(2)3/h8-9,12,19H,4-7,10-11H2,1-3H3. The van der Waals surface area contributed by atoms with Crippen molar-refractivity contribution >= 4 is 0 Å². The number of halogens is 2. The Kier molecular flexibility index (Phi) is 8.23. The molecule has 0 aliphatic rings. The van der Waals surface area contributed by atoms with E-state index in [0.29, 0.717) is 31.2 Å². The van der Waals surface area contributed by atoms with Crippen LogP contribution in [-0.4, -0.2) is 26.4 Å². The summed E-state index contributed by atoms with van der Waals surface area (Å²) in [6.07, 6.45) is 0.904. The largest absolute Gasteiger partial charge is 0.485 e.